The second-order valence-electron chi connectivity index (χ2n) is 5.48. The van der Waals surface area contributed by atoms with Crippen LogP contribution in [0.2, 0.25) is 0 Å². The number of ether oxygens (including phenoxy) is 2. The largest absolute Gasteiger partial charge is 0.466 e. The number of piperidine rings is 1. The van der Waals surface area contributed by atoms with E-state index >= 15 is 0 Å². The van der Waals surface area contributed by atoms with Crippen LogP contribution < -0.4 is 0 Å². The van der Waals surface area contributed by atoms with Gasteiger partial charge in [-0.05, 0) is 31.2 Å². The molecule has 0 spiro atoms. The number of esters is 1. The molecule has 1 aliphatic rings. The van der Waals surface area contributed by atoms with E-state index in [0.29, 0.717) is 38.6 Å². The quantitative estimate of drug-likeness (QED) is 0.785. The Hall–Kier alpha value is -2.04. The topological polar surface area (TPSA) is 55.8 Å². The molecule has 5 heteroatoms. The van der Waals surface area contributed by atoms with Gasteiger partial charge in [-0.2, -0.15) is 0 Å². The van der Waals surface area contributed by atoms with Crippen molar-refractivity contribution in [1.29, 1.82) is 0 Å². The van der Waals surface area contributed by atoms with Crippen molar-refractivity contribution >= 4 is 12.1 Å². The lowest BCUT2D eigenvalue weighted by molar-refractivity contribution is -0.144. The second-order valence-corrected chi connectivity index (χ2v) is 5.48. The van der Waals surface area contributed by atoms with Gasteiger partial charge < -0.3 is 14.4 Å². The van der Waals surface area contributed by atoms with E-state index in [1.165, 1.54) is 0 Å². The number of nitrogens with zero attached hydrogens (tertiary/aromatic N) is 1. The van der Waals surface area contributed by atoms with Crippen LogP contribution in [0.3, 0.4) is 0 Å². The predicted molar refractivity (Wildman–Crippen MR) is 82.2 cm³/mol. The van der Waals surface area contributed by atoms with Gasteiger partial charge in [0, 0.05) is 19.5 Å². The maximum Gasteiger partial charge on any atom is 0.410 e. The summed E-state index contributed by atoms with van der Waals surface area (Å²) < 4.78 is 10.3. The van der Waals surface area contributed by atoms with E-state index in [1.807, 2.05) is 37.3 Å². The third kappa shape index (κ3) is 5.06. The SMILES string of the molecule is CCOC(=O)CC1CCN(C(=O)OCc2ccccc2)CC1. The van der Waals surface area contributed by atoms with Crippen molar-refractivity contribution in [2.45, 2.75) is 32.8 Å². The Balaban J connectivity index is 1.69. The molecule has 1 aliphatic heterocycles. The van der Waals surface area contributed by atoms with Gasteiger partial charge >= 0.3 is 12.1 Å². The molecule has 1 saturated heterocycles. The highest BCUT2D eigenvalue weighted by atomic mass is 16.6. The van der Waals surface area contributed by atoms with E-state index in [9.17, 15) is 9.59 Å². The molecule has 5 nitrogen and oxygen atoms in total. The number of hydrogen-bond acceptors (Lipinski definition) is 4. The molecule has 22 heavy (non-hydrogen) atoms. The molecule has 0 radical (unpaired) electrons. The molecule has 2 rings (SSSR count). The summed E-state index contributed by atoms with van der Waals surface area (Å²) in [4.78, 5) is 25.2. The van der Waals surface area contributed by atoms with Gasteiger partial charge in [0.15, 0.2) is 0 Å². The molecule has 120 valence electrons. The highest BCUT2D eigenvalue weighted by Gasteiger charge is 2.25. The second kappa shape index (κ2) is 8.41. The Bertz CT molecular complexity index is 481. The predicted octanol–water partition coefficient (Wildman–Crippen LogP) is 2.99. The van der Waals surface area contributed by atoms with Gasteiger partial charge in [0.2, 0.25) is 0 Å². The van der Waals surface area contributed by atoms with Crippen molar-refractivity contribution in [2.24, 2.45) is 5.92 Å². The van der Waals surface area contributed by atoms with Crippen LogP contribution in [0.1, 0.15) is 31.7 Å². The highest BCUT2D eigenvalue weighted by Crippen LogP contribution is 2.21. The number of amides is 1. The zero-order chi connectivity index (χ0) is 15.8. The van der Waals surface area contributed by atoms with E-state index in [4.69, 9.17) is 9.47 Å². The van der Waals surface area contributed by atoms with Gasteiger partial charge in [0.25, 0.3) is 0 Å². The van der Waals surface area contributed by atoms with Crippen LogP contribution in [0, 0.1) is 5.92 Å². The van der Waals surface area contributed by atoms with Crippen molar-refractivity contribution in [1.82, 2.24) is 4.90 Å². The van der Waals surface area contributed by atoms with Crippen LogP contribution in [-0.4, -0.2) is 36.7 Å². The molecule has 0 aromatic heterocycles. The zero-order valence-corrected chi connectivity index (χ0v) is 13.0. The monoisotopic (exact) mass is 305 g/mol. The van der Waals surface area contributed by atoms with Crippen LogP contribution in [0.5, 0.6) is 0 Å². The minimum absolute atomic E-state index is 0.146. The molecule has 1 amide bonds. The molecular formula is C17H23NO4. The minimum atomic E-state index is -0.279. The molecule has 1 aromatic carbocycles. The summed E-state index contributed by atoms with van der Waals surface area (Å²) in [6, 6.07) is 9.63. The lowest BCUT2D eigenvalue weighted by atomic mass is 9.94. The van der Waals surface area contributed by atoms with Crippen LogP contribution in [0.15, 0.2) is 30.3 Å². The van der Waals surface area contributed by atoms with E-state index in [2.05, 4.69) is 0 Å². The summed E-state index contributed by atoms with van der Waals surface area (Å²) in [7, 11) is 0. The average molecular weight is 305 g/mol. The molecule has 1 fully saturated rings. The summed E-state index contributed by atoms with van der Waals surface area (Å²) in [5.74, 6) is 0.157. The number of carbonyl (C=O) groups excluding carboxylic acids is 2. The highest BCUT2D eigenvalue weighted by molar-refractivity contribution is 5.70. The fourth-order valence-corrected chi connectivity index (χ4v) is 2.59. The fourth-order valence-electron chi connectivity index (χ4n) is 2.59. The number of carbonyl (C=O) groups is 2. The van der Waals surface area contributed by atoms with E-state index in [1.54, 1.807) is 4.90 Å². The normalized spacial score (nSPS) is 15.4. The van der Waals surface area contributed by atoms with E-state index in [0.717, 1.165) is 18.4 Å². The van der Waals surface area contributed by atoms with Crippen molar-refractivity contribution in [3.8, 4) is 0 Å². The van der Waals surface area contributed by atoms with Crippen molar-refractivity contribution in [2.75, 3.05) is 19.7 Å². The summed E-state index contributed by atoms with van der Waals surface area (Å²) in [6.07, 6.45) is 1.80. The molecule has 0 aliphatic carbocycles. The standard InChI is InChI=1S/C17H23NO4/c1-2-21-16(19)12-14-8-10-18(11-9-14)17(20)22-13-15-6-4-3-5-7-15/h3-7,14H,2,8-13H2,1H3. The summed E-state index contributed by atoms with van der Waals surface area (Å²) >= 11 is 0. The summed E-state index contributed by atoms with van der Waals surface area (Å²) in [6.45, 7) is 3.80. The third-order valence-electron chi connectivity index (χ3n) is 3.84. The first kappa shape index (κ1) is 16.3. The van der Waals surface area contributed by atoms with Gasteiger partial charge in [-0.15, -0.1) is 0 Å². The van der Waals surface area contributed by atoms with E-state index < -0.39 is 0 Å². The third-order valence-corrected chi connectivity index (χ3v) is 3.84. The molecule has 0 atom stereocenters. The molecule has 1 aromatic rings. The number of likely N-dealkylation sites (tertiary alicyclic amines) is 1. The zero-order valence-electron chi connectivity index (χ0n) is 13.0. The summed E-state index contributed by atoms with van der Waals surface area (Å²) in [5, 5.41) is 0. The lowest BCUT2D eigenvalue weighted by Crippen LogP contribution is -2.39. The van der Waals surface area contributed by atoms with Gasteiger partial charge in [-0.1, -0.05) is 30.3 Å². The molecule has 0 bridgehead atoms. The van der Waals surface area contributed by atoms with Crippen LogP contribution in [0.4, 0.5) is 4.79 Å². The van der Waals surface area contributed by atoms with Crippen LogP contribution >= 0.6 is 0 Å². The lowest BCUT2D eigenvalue weighted by Gasteiger charge is -2.30. The van der Waals surface area contributed by atoms with Crippen molar-refractivity contribution in [3.05, 3.63) is 35.9 Å². The average Bonchev–Trinajstić information content (AvgIpc) is 2.54. The summed E-state index contributed by atoms with van der Waals surface area (Å²) in [5.41, 5.74) is 0.980. The first-order chi connectivity index (χ1) is 10.7. The van der Waals surface area contributed by atoms with Gasteiger partial charge in [0.1, 0.15) is 6.61 Å². The number of hydrogen-bond donors (Lipinski definition) is 0. The smallest absolute Gasteiger partial charge is 0.410 e. The maximum atomic E-state index is 12.0. The molecular weight excluding hydrogens is 282 g/mol. The van der Waals surface area contributed by atoms with Crippen LogP contribution in [-0.2, 0) is 20.9 Å². The Labute approximate surface area is 131 Å². The minimum Gasteiger partial charge on any atom is -0.466 e. The maximum absolute atomic E-state index is 12.0. The van der Waals surface area contributed by atoms with Gasteiger partial charge in [-0.3, -0.25) is 4.79 Å². The Morgan fingerprint density at radius 2 is 1.82 bits per heavy atom. The van der Waals surface area contributed by atoms with Crippen molar-refractivity contribution < 1.29 is 19.1 Å². The fraction of sp³-hybridized carbons (Fsp3) is 0.529. The van der Waals surface area contributed by atoms with Gasteiger partial charge in [0.05, 0.1) is 6.61 Å². The van der Waals surface area contributed by atoms with E-state index in [-0.39, 0.29) is 12.1 Å². The molecule has 0 N–H and O–H groups in total. The molecule has 1 heterocycles. The molecule has 0 unspecified atom stereocenters. The van der Waals surface area contributed by atoms with Crippen molar-refractivity contribution in [3.63, 3.8) is 0 Å². The Kier molecular flexibility index (Phi) is 6.25. The first-order valence-corrected chi connectivity index (χ1v) is 7.80. The van der Waals surface area contributed by atoms with Gasteiger partial charge in [-0.25, -0.2) is 4.79 Å². The number of rotatable bonds is 5. The Morgan fingerprint density at radius 1 is 1.14 bits per heavy atom. The number of benzene rings is 1. The van der Waals surface area contributed by atoms with Crippen LogP contribution in [0.25, 0.3) is 0 Å². The Morgan fingerprint density at radius 3 is 2.45 bits per heavy atom. The first-order valence-electron chi connectivity index (χ1n) is 7.80. The molecule has 0 saturated carbocycles.